The van der Waals surface area contributed by atoms with E-state index in [1.165, 1.54) is 0 Å². The second-order valence-corrected chi connectivity index (χ2v) is 9.61. The first kappa shape index (κ1) is 27.8. The number of methoxy groups -OCH3 is 1. The van der Waals surface area contributed by atoms with Gasteiger partial charge in [0.05, 0.1) is 18.7 Å². The van der Waals surface area contributed by atoms with Crippen LogP contribution in [0.2, 0.25) is 5.02 Å². The molecule has 1 amide bonds. The van der Waals surface area contributed by atoms with Gasteiger partial charge in [-0.25, -0.2) is 0 Å². The SMILES string of the molecule is CCCCN(CCCC)CCCN1C(=O)C(=O)/C(=C(\O)c2ccc(Cl)cc2)C1c1ccc(OC)cc1. The number of likely N-dealkylation sites (tertiary alicyclic amines) is 1. The summed E-state index contributed by atoms with van der Waals surface area (Å²) in [6, 6.07) is 13.2. The first-order valence-corrected chi connectivity index (χ1v) is 13.2. The van der Waals surface area contributed by atoms with E-state index in [-0.39, 0.29) is 11.3 Å². The molecule has 194 valence electrons. The smallest absolute Gasteiger partial charge is 0.295 e. The van der Waals surface area contributed by atoms with Crippen LogP contribution >= 0.6 is 11.6 Å². The molecular weight excluding hydrogens is 476 g/mol. The molecule has 0 aliphatic carbocycles. The largest absolute Gasteiger partial charge is 0.507 e. The van der Waals surface area contributed by atoms with Gasteiger partial charge in [-0.3, -0.25) is 9.59 Å². The van der Waals surface area contributed by atoms with E-state index in [0.29, 0.717) is 22.9 Å². The molecule has 0 radical (unpaired) electrons. The van der Waals surface area contributed by atoms with Crippen molar-refractivity contribution in [2.75, 3.05) is 33.3 Å². The number of rotatable bonds is 13. The Labute approximate surface area is 219 Å². The van der Waals surface area contributed by atoms with E-state index >= 15 is 0 Å². The fourth-order valence-corrected chi connectivity index (χ4v) is 4.70. The van der Waals surface area contributed by atoms with Crippen LogP contribution in [0.25, 0.3) is 5.76 Å². The molecule has 1 unspecified atom stereocenters. The number of benzene rings is 2. The van der Waals surface area contributed by atoms with E-state index in [4.69, 9.17) is 16.3 Å². The molecule has 3 rings (SSSR count). The minimum absolute atomic E-state index is 0.0984. The number of carbonyl (C=O) groups is 2. The van der Waals surface area contributed by atoms with Gasteiger partial charge in [0, 0.05) is 17.1 Å². The van der Waals surface area contributed by atoms with Gasteiger partial charge in [-0.15, -0.1) is 0 Å². The third-order valence-electron chi connectivity index (χ3n) is 6.62. The summed E-state index contributed by atoms with van der Waals surface area (Å²) in [7, 11) is 1.59. The Hall–Kier alpha value is -2.83. The number of nitrogens with zero attached hydrogens (tertiary/aromatic N) is 2. The predicted octanol–water partition coefficient (Wildman–Crippen LogP) is 6.06. The van der Waals surface area contributed by atoms with Gasteiger partial charge in [-0.05, 0) is 80.9 Å². The van der Waals surface area contributed by atoms with Crippen LogP contribution in [0.15, 0.2) is 54.1 Å². The lowest BCUT2D eigenvalue weighted by molar-refractivity contribution is -0.140. The molecule has 1 saturated heterocycles. The Balaban J connectivity index is 1.91. The summed E-state index contributed by atoms with van der Waals surface area (Å²) in [6.07, 6.45) is 5.30. The third-order valence-corrected chi connectivity index (χ3v) is 6.87. The number of hydrogen-bond donors (Lipinski definition) is 1. The zero-order valence-corrected chi connectivity index (χ0v) is 22.3. The van der Waals surface area contributed by atoms with Gasteiger partial charge in [0.15, 0.2) is 0 Å². The van der Waals surface area contributed by atoms with E-state index in [1.807, 2.05) is 12.1 Å². The minimum atomic E-state index is -0.675. The summed E-state index contributed by atoms with van der Waals surface area (Å²) in [4.78, 5) is 30.5. The molecule has 0 spiro atoms. The first-order chi connectivity index (χ1) is 17.4. The van der Waals surface area contributed by atoms with Crippen molar-refractivity contribution in [3.8, 4) is 5.75 Å². The number of ketones is 1. The van der Waals surface area contributed by atoms with Gasteiger partial charge in [0.2, 0.25) is 0 Å². The molecule has 0 bridgehead atoms. The molecule has 1 fully saturated rings. The zero-order chi connectivity index (χ0) is 26.1. The fraction of sp³-hybridized carbons (Fsp3) is 0.448. The second kappa shape index (κ2) is 13.5. The summed E-state index contributed by atoms with van der Waals surface area (Å²) in [5, 5.41) is 11.7. The summed E-state index contributed by atoms with van der Waals surface area (Å²) in [5.74, 6) is -0.770. The molecule has 1 heterocycles. The molecule has 6 nitrogen and oxygen atoms in total. The quantitative estimate of drug-likeness (QED) is 0.200. The molecule has 1 N–H and O–H groups in total. The van der Waals surface area contributed by atoms with Gasteiger partial charge < -0.3 is 19.6 Å². The van der Waals surface area contributed by atoms with E-state index in [9.17, 15) is 14.7 Å². The molecule has 2 aromatic carbocycles. The van der Waals surface area contributed by atoms with Crippen molar-refractivity contribution in [3.05, 3.63) is 70.3 Å². The highest BCUT2D eigenvalue weighted by Crippen LogP contribution is 2.40. The standard InChI is InChI=1S/C29H37ClN2O4/c1-4-6-17-31(18-7-5-2)19-8-20-32-26(21-11-15-24(36-3)16-12-21)25(28(34)29(32)35)27(33)22-9-13-23(30)14-10-22/h9-16,26,33H,4-8,17-20H2,1-3H3/b27-25-. The Morgan fingerprint density at radius 1 is 0.944 bits per heavy atom. The van der Waals surface area contributed by atoms with Crippen LogP contribution in [0.5, 0.6) is 5.75 Å². The van der Waals surface area contributed by atoms with Crippen molar-refractivity contribution >= 4 is 29.1 Å². The number of aliphatic hydroxyl groups excluding tert-OH is 1. The Morgan fingerprint density at radius 2 is 1.53 bits per heavy atom. The summed E-state index contributed by atoms with van der Waals surface area (Å²) in [5.41, 5.74) is 1.29. The maximum atomic E-state index is 13.2. The van der Waals surface area contributed by atoms with Gasteiger partial charge in [0.25, 0.3) is 11.7 Å². The number of aliphatic hydroxyl groups is 1. The van der Waals surface area contributed by atoms with Crippen molar-refractivity contribution in [3.63, 3.8) is 0 Å². The number of carbonyl (C=O) groups excluding carboxylic acids is 2. The number of Topliss-reactive ketones (excluding diaryl/α,β-unsaturated/α-hetero) is 1. The van der Waals surface area contributed by atoms with Crippen molar-refractivity contribution in [1.29, 1.82) is 0 Å². The van der Waals surface area contributed by atoms with Crippen LogP contribution in [0.3, 0.4) is 0 Å². The number of hydrogen-bond acceptors (Lipinski definition) is 5. The molecule has 1 atom stereocenters. The van der Waals surface area contributed by atoms with Gasteiger partial charge in [0.1, 0.15) is 11.5 Å². The minimum Gasteiger partial charge on any atom is -0.507 e. The van der Waals surface area contributed by atoms with Crippen LogP contribution in [0, 0.1) is 0 Å². The number of amides is 1. The zero-order valence-electron chi connectivity index (χ0n) is 21.5. The Morgan fingerprint density at radius 3 is 2.08 bits per heavy atom. The molecule has 36 heavy (non-hydrogen) atoms. The van der Waals surface area contributed by atoms with Crippen LogP contribution in [-0.4, -0.2) is 59.9 Å². The van der Waals surface area contributed by atoms with Crippen LogP contribution in [-0.2, 0) is 9.59 Å². The van der Waals surface area contributed by atoms with E-state index in [0.717, 1.165) is 57.3 Å². The predicted molar refractivity (Wildman–Crippen MR) is 144 cm³/mol. The van der Waals surface area contributed by atoms with Crippen molar-refractivity contribution in [1.82, 2.24) is 9.80 Å². The van der Waals surface area contributed by atoms with Gasteiger partial charge in [-0.1, -0.05) is 50.4 Å². The normalized spacial score (nSPS) is 17.2. The maximum Gasteiger partial charge on any atom is 0.295 e. The van der Waals surface area contributed by atoms with Crippen LogP contribution in [0.4, 0.5) is 0 Å². The summed E-state index contributed by atoms with van der Waals surface area (Å²) < 4.78 is 5.28. The summed E-state index contributed by atoms with van der Waals surface area (Å²) >= 11 is 6.01. The van der Waals surface area contributed by atoms with E-state index < -0.39 is 17.7 Å². The molecule has 1 aliphatic rings. The highest BCUT2D eigenvalue weighted by molar-refractivity contribution is 6.46. The topological polar surface area (TPSA) is 70.1 Å². The second-order valence-electron chi connectivity index (χ2n) is 9.17. The molecule has 0 aromatic heterocycles. The highest BCUT2D eigenvalue weighted by atomic mass is 35.5. The maximum absolute atomic E-state index is 13.2. The Kier molecular flexibility index (Phi) is 10.4. The molecule has 1 aliphatic heterocycles. The molecule has 7 heteroatoms. The lowest BCUT2D eigenvalue weighted by atomic mass is 9.95. The van der Waals surface area contributed by atoms with Crippen molar-refractivity contribution < 1.29 is 19.4 Å². The number of halogens is 1. The molecule has 0 saturated carbocycles. The van der Waals surface area contributed by atoms with Gasteiger partial charge in [-0.2, -0.15) is 0 Å². The van der Waals surface area contributed by atoms with Crippen molar-refractivity contribution in [2.45, 2.75) is 52.0 Å². The number of unbranched alkanes of at least 4 members (excludes halogenated alkanes) is 2. The first-order valence-electron chi connectivity index (χ1n) is 12.8. The lowest BCUT2D eigenvalue weighted by Crippen LogP contribution is -2.34. The van der Waals surface area contributed by atoms with Crippen LogP contribution in [0.1, 0.15) is 63.1 Å². The van der Waals surface area contributed by atoms with E-state index in [1.54, 1.807) is 48.4 Å². The summed E-state index contributed by atoms with van der Waals surface area (Å²) in [6.45, 7) is 7.73. The van der Waals surface area contributed by atoms with Crippen molar-refractivity contribution in [2.24, 2.45) is 0 Å². The fourth-order valence-electron chi connectivity index (χ4n) is 4.57. The Bertz CT molecular complexity index is 1040. The molecular formula is C29H37ClN2O4. The van der Waals surface area contributed by atoms with E-state index in [2.05, 4.69) is 18.7 Å². The monoisotopic (exact) mass is 512 g/mol. The average molecular weight is 513 g/mol. The lowest BCUT2D eigenvalue weighted by Gasteiger charge is -2.27. The molecule has 2 aromatic rings. The van der Waals surface area contributed by atoms with Crippen LogP contribution < -0.4 is 4.74 Å². The number of ether oxygens (including phenoxy) is 1. The third kappa shape index (κ3) is 6.68. The van der Waals surface area contributed by atoms with Gasteiger partial charge >= 0.3 is 0 Å². The average Bonchev–Trinajstić information content (AvgIpc) is 3.15. The highest BCUT2D eigenvalue weighted by Gasteiger charge is 2.45.